The Morgan fingerprint density at radius 3 is 2.39 bits per heavy atom. The first-order valence-electron chi connectivity index (χ1n) is 11.8. The Morgan fingerprint density at radius 1 is 0.974 bits per heavy atom. The van der Waals surface area contributed by atoms with Gasteiger partial charge in [-0.3, -0.25) is 19.5 Å². The number of aromatic nitrogens is 1. The summed E-state index contributed by atoms with van der Waals surface area (Å²) in [6.07, 6.45) is 1.57. The van der Waals surface area contributed by atoms with Crippen molar-refractivity contribution in [2.75, 3.05) is 12.0 Å². The highest BCUT2D eigenvalue weighted by Gasteiger charge is 2.47. The quantitative estimate of drug-likeness (QED) is 0.182. The average Bonchev–Trinajstić information content (AvgIpc) is 3.22. The van der Waals surface area contributed by atoms with Crippen molar-refractivity contribution in [3.05, 3.63) is 125 Å². The fourth-order valence-electron chi connectivity index (χ4n) is 4.37. The standard InChI is InChI=1S/C30H23ClN2O5/c1-37-25-15-10-20(31)17-23(25)28(34)26-27(24-9-5-6-16-32-24)33(30(36)29(26)35)21-11-13-22(14-12-21)38-18-19-7-3-2-4-8-19/h2-17,27,34H,18H2,1H3/b28-26+. The third-order valence-corrected chi connectivity index (χ3v) is 6.43. The topological polar surface area (TPSA) is 89.0 Å². The second-order valence-corrected chi connectivity index (χ2v) is 8.97. The number of ketones is 1. The van der Waals surface area contributed by atoms with Crippen LogP contribution in [-0.2, 0) is 16.2 Å². The number of aliphatic hydroxyl groups is 1. The van der Waals surface area contributed by atoms with Gasteiger partial charge >= 0.3 is 0 Å². The molecule has 7 nitrogen and oxygen atoms in total. The molecule has 0 bridgehead atoms. The van der Waals surface area contributed by atoms with E-state index < -0.39 is 23.5 Å². The first kappa shape index (κ1) is 25.0. The van der Waals surface area contributed by atoms with Crippen molar-refractivity contribution in [1.82, 2.24) is 4.98 Å². The van der Waals surface area contributed by atoms with Gasteiger partial charge in [-0.1, -0.05) is 48.0 Å². The number of Topliss-reactive ketones (excluding diaryl/α,β-unsaturated/α-hetero) is 1. The molecule has 1 fully saturated rings. The summed E-state index contributed by atoms with van der Waals surface area (Å²) in [5.41, 5.74) is 1.97. The summed E-state index contributed by atoms with van der Waals surface area (Å²) in [6.45, 7) is 0.389. The van der Waals surface area contributed by atoms with E-state index >= 15 is 0 Å². The summed E-state index contributed by atoms with van der Waals surface area (Å²) in [5, 5.41) is 11.7. The Bertz CT molecular complexity index is 1510. The molecule has 1 atom stereocenters. The Morgan fingerprint density at radius 2 is 1.71 bits per heavy atom. The normalized spacial score (nSPS) is 16.5. The van der Waals surface area contributed by atoms with Crippen molar-refractivity contribution in [1.29, 1.82) is 0 Å². The number of methoxy groups -OCH3 is 1. The molecule has 190 valence electrons. The Balaban J connectivity index is 1.55. The molecule has 0 saturated carbocycles. The Kier molecular flexibility index (Phi) is 7.11. The molecular formula is C30H23ClN2O5. The lowest BCUT2D eigenvalue weighted by atomic mass is 9.97. The number of carbonyl (C=O) groups is 2. The van der Waals surface area contributed by atoms with Crippen LogP contribution in [0.25, 0.3) is 5.76 Å². The predicted molar refractivity (Wildman–Crippen MR) is 144 cm³/mol. The second-order valence-electron chi connectivity index (χ2n) is 8.54. The van der Waals surface area contributed by atoms with E-state index in [1.807, 2.05) is 30.3 Å². The first-order chi connectivity index (χ1) is 18.5. The lowest BCUT2D eigenvalue weighted by Crippen LogP contribution is -2.29. The smallest absolute Gasteiger partial charge is 0.300 e. The minimum atomic E-state index is -0.976. The maximum atomic E-state index is 13.4. The number of pyridine rings is 1. The molecule has 38 heavy (non-hydrogen) atoms. The summed E-state index contributed by atoms with van der Waals surface area (Å²) < 4.78 is 11.2. The number of carbonyl (C=O) groups excluding carboxylic acids is 2. The van der Waals surface area contributed by atoms with Gasteiger partial charge in [0.15, 0.2) is 0 Å². The molecule has 1 unspecified atom stereocenters. The van der Waals surface area contributed by atoms with Crippen LogP contribution < -0.4 is 14.4 Å². The minimum Gasteiger partial charge on any atom is -0.507 e. The van der Waals surface area contributed by atoms with E-state index in [4.69, 9.17) is 21.1 Å². The first-order valence-corrected chi connectivity index (χ1v) is 12.2. The molecule has 1 saturated heterocycles. The van der Waals surface area contributed by atoms with Gasteiger partial charge in [-0.25, -0.2) is 0 Å². The van der Waals surface area contributed by atoms with E-state index in [0.29, 0.717) is 34.5 Å². The van der Waals surface area contributed by atoms with E-state index in [1.165, 1.54) is 18.1 Å². The number of amides is 1. The fourth-order valence-corrected chi connectivity index (χ4v) is 4.54. The van der Waals surface area contributed by atoms with Gasteiger partial charge in [0.25, 0.3) is 11.7 Å². The number of nitrogens with zero attached hydrogens (tertiary/aromatic N) is 2. The molecule has 1 aliphatic heterocycles. The third kappa shape index (κ3) is 4.84. The van der Waals surface area contributed by atoms with Gasteiger partial charge in [-0.05, 0) is 60.2 Å². The molecule has 4 aromatic rings. The maximum absolute atomic E-state index is 13.4. The number of hydrogen-bond acceptors (Lipinski definition) is 6. The average molecular weight is 527 g/mol. The Labute approximate surface area is 224 Å². The van der Waals surface area contributed by atoms with Crippen molar-refractivity contribution < 1.29 is 24.2 Å². The minimum absolute atomic E-state index is 0.112. The van der Waals surface area contributed by atoms with E-state index in [0.717, 1.165) is 5.56 Å². The van der Waals surface area contributed by atoms with Crippen LogP contribution in [0.15, 0.2) is 103 Å². The van der Waals surface area contributed by atoms with Crippen LogP contribution in [0, 0.1) is 0 Å². The highest BCUT2D eigenvalue weighted by Crippen LogP contribution is 2.43. The van der Waals surface area contributed by atoms with Gasteiger partial charge in [-0.2, -0.15) is 0 Å². The number of hydrogen-bond donors (Lipinski definition) is 1. The zero-order valence-corrected chi connectivity index (χ0v) is 21.1. The zero-order valence-electron chi connectivity index (χ0n) is 20.4. The largest absolute Gasteiger partial charge is 0.507 e. The van der Waals surface area contributed by atoms with E-state index in [9.17, 15) is 14.7 Å². The third-order valence-electron chi connectivity index (χ3n) is 6.19. The molecule has 0 radical (unpaired) electrons. The summed E-state index contributed by atoms with van der Waals surface area (Å²) in [4.78, 5) is 32.5. The molecule has 1 N–H and O–H groups in total. The highest BCUT2D eigenvalue weighted by atomic mass is 35.5. The molecule has 1 amide bonds. The fraction of sp³-hybridized carbons (Fsp3) is 0.100. The van der Waals surface area contributed by atoms with Gasteiger partial charge in [-0.15, -0.1) is 0 Å². The maximum Gasteiger partial charge on any atom is 0.300 e. The van der Waals surface area contributed by atoms with Crippen molar-refractivity contribution in [3.8, 4) is 11.5 Å². The predicted octanol–water partition coefficient (Wildman–Crippen LogP) is 5.95. The molecule has 0 aliphatic carbocycles. The molecule has 5 rings (SSSR count). The van der Waals surface area contributed by atoms with Crippen molar-refractivity contribution in [3.63, 3.8) is 0 Å². The summed E-state index contributed by atoms with van der Waals surface area (Å²) in [5.74, 6) is -1.13. The number of rotatable bonds is 7. The van der Waals surface area contributed by atoms with Crippen LogP contribution in [-0.4, -0.2) is 28.9 Å². The SMILES string of the molecule is COc1ccc(Cl)cc1/C(O)=C1\C(=O)C(=O)N(c2ccc(OCc3ccccc3)cc2)C1c1ccccn1. The highest BCUT2D eigenvalue weighted by molar-refractivity contribution is 6.51. The number of benzene rings is 3. The monoisotopic (exact) mass is 526 g/mol. The lowest BCUT2D eigenvalue weighted by Gasteiger charge is -2.25. The number of anilines is 1. The number of ether oxygens (including phenoxy) is 2. The number of halogens is 1. The van der Waals surface area contributed by atoms with Crippen LogP contribution in [0.5, 0.6) is 11.5 Å². The molecule has 1 aromatic heterocycles. The molecule has 2 heterocycles. The van der Waals surface area contributed by atoms with E-state index in [2.05, 4.69) is 4.98 Å². The van der Waals surface area contributed by atoms with Crippen molar-refractivity contribution in [2.24, 2.45) is 0 Å². The number of aliphatic hydroxyl groups excluding tert-OH is 1. The molecular weight excluding hydrogens is 504 g/mol. The van der Waals surface area contributed by atoms with E-state index in [-0.39, 0.29) is 11.1 Å². The van der Waals surface area contributed by atoms with Crippen LogP contribution >= 0.6 is 11.6 Å². The second kappa shape index (κ2) is 10.8. The van der Waals surface area contributed by atoms with Gasteiger partial charge in [0.1, 0.15) is 29.9 Å². The summed E-state index contributed by atoms with van der Waals surface area (Å²) >= 11 is 6.17. The van der Waals surface area contributed by atoms with Crippen LogP contribution in [0.4, 0.5) is 5.69 Å². The molecule has 8 heteroatoms. The lowest BCUT2D eigenvalue weighted by molar-refractivity contribution is -0.132. The summed E-state index contributed by atoms with van der Waals surface area (Å²) in [7, 11) is 1.44. The van der Waals surface area contributed by atoms with Crippen molar-refractivity contribution >= 4 is 34.7 Å². The molecule has 3 aromatic carbocycles. The van der Waals surface area contributed by atoms with Gasteiger partial charge < -0.3 is 14.6 Å². The van der Waals surface area contributed by atoms with E-state index in [1.54, 1.807) is 60.8 Å². The summed E-state index contributed by atoms with van der Waals surface area (Å²) in [6, 6.07) is 25.5. The van der Waals surface area contributed by atoms with Gasteiger partial charge in [0.2, 0.25) is 0 Å². The van der Waals surface area contributed by atoms with Crippen LogP contribution in [0.2, 0.25) is 5.02 Å². The molecule has 0 spiro atoms. The van der Waals surface area contributed by atoms with Gasteiger partial charge in [0, 0.05) is 16.9 Å². The van der Waals surface area contributed by atoms with Crippen LogP contribution in [0.3, 0.4) is 0 Å². The Hall–Kier alpha value is -4.62. The zero-order chi connectivity index (χ0) is 26.6. The van der Waals surface area contributed by atoms with Crippen LogP contribution in [0.1, 0.15) is 22.9 Å². The molecule has 1 aliphatic rings. The van der Waals surface area contributed by atoms with Crippen molar-refractivity contribution in [2.45, 2.75) is 12.6 Å². The van der Waals surface area contributed by atoms with Gasteiger partial charge in [0.05, 0.1) is 23.9 Å².